The summed E-state index contributed by atoms with van der Waals surface area (Å²) in [4.78, 5) is 12.1. The van der Waals surface area contributed by atoms with E-state index in [1.165, 1.54) is 31.4 Å². The van der Waals surface area contributed by atoms with Crippen LogP contribution in [0.15, 0.2) is 78.9 Å². The van der Waals surface area contributed by atoms with E-state index in [0.29, 0.717) is 16.9 Å². The number of ether oxygens (including phenoxy) is 2. The van der Waals surface area contributed by atoms with Gasteiger partial charge in [0.2, 0.25) is 0 Å². The summed E-state index contributed by atoms with van der Waals surface area (Å²) in [6.07, 6.45) is 4.52. The van der Waals surface area contributed by atoms with Crippen LogP contribution in [-0.4, -0.2) is 13.1 Å². The Kier molecular flexibility index (Phi) is 6.75. The number of nitriles is 1. The van der Waals surface area contributed by atoms with E-state index in [-0.39, 0.29) is 11.6 Å². The largest absolute Gasteiger partial charge is 0.493 e. The van der Waals surface area contributed by atoms with E-state index in [4.69, 9.17) is 9.47 Å². The Bertz CT molecular complexity index is 1130. The number of nitrogens with zero attached hydrogens (tertiary/aromatic N) is 1. The molecule has 0 atom stereocenters. The molecule has 0 aliphatic heterocycles. The molecule has 3 aromatic rings. The molecule has 4 nitrogen and oxygen atoms in total. The maximum Gasteiger partial charge on any atom is 0.336 e. The van der Waals surface area contributed by atoms with Gasteiger partial charge in [0.1, 0.15) is 5.82 Å². The standard InChI is InChI=1S/C25H18FNO3/c1-29-24-16-19(15-21(17-27)20-5-3-2-4-6-20)9-13-23(24)30-25(28)14-10-18-7-11-22(26)12-8-18/h2-16H,1H3/b14-10+,21-15-. The number of esters is 1. The number of carbonyl (C=O) groups is 1. The van der Waals surface area contributed by atoms with Gasteiger partial charge in [-0.25, -0.2) is 9.18 Å². The zero-order valence-electron chi connectivity index (χ0n) is 16.2. The second kappa shape index (κ2) is 9.85. The van der Waals surface area contributed by atoms with Crippen molar-refractivity contribution in [2.75, 3.05) is 7.11 Å². The SMILES string of the molecule is COc1cc(/C=C(/C#N)c2ccccc2)ccc1OC(=O)/C=C/c1ccc(F)cc1. The van der Waals surface area contributed by atoms with Crippen LogP contribution in [0.5, 0.6) is 11.5 Å². The van der Waals surface area contributed by atoms with Crippen LogP contribution >= 0.6 is 0 Å². The molecule has 0 heterocycles. The Morgan fingerprint density at radius 2 is 1.67 bits per heavy atom. The summed E-state index contributed by atoms with van der Waals surface area (Å²) in [7, 11) is 1.47. The molecule has 3 aromatic carbocycles. The predicted octanol–water partition coefficient (Wildman–Crippen LogP) is 5.52. The molecule has 0 radical (unpaired) electrons. The van der Waals surface area contributed by atoms with E-state index in [1.807, 2.05) is 30.3 Å². The smallest absolute Gasteiger partial charge is 0.336 e. The lowest BCUT2D eigenvalue weighted by molar-refractivity contribution is -0.129. The number of methoxy groups -OCH3 is 1. The van der Waals surface area contributed by atoms with Gasteiger partial charge >= 0.3 is 5.97 Å². The van der Waals surface area contributed by atoms with Crippen LogP contribution in [0.3, 0.4) is 0 Å². The lowest BCUT2D eigenvalue weighted by atomic mass is 10.0. The average Bonchev–Trinajstić information content (AvgIpc) is 2.78. The minimum Gasteiger partial charge on any atom is -0.493 e. The second-order valence-corrected chi connectivity index (χ2v) is 6.25. The quantitative estimate of drug-likeness (QED) is 0.180. The van der Waals surface area contributed by atoms with Crippen LogP contribution in [0.2, 0.25) is 0 Å². The van der Waals surface area contributed by atoms with E-state index in [2.05, 4.69) is 6.07 Å². The van der Waals surface area contributed by atoms with Crippen LogP contribution < -0.4 is 9.47 Å². The van der Waals surface area contributed by atoms with Crippen molar-refractivity contribution in [1.29, 1.82) is 5.26 Å². The highest BCUT2D eigenvalue weighted by Crippen LogP contribution is 2.30. The molecule has 0 spiro atoms. The molecule has 0 fully saturated rings. The summed E-state index contributed by atoms with van der Waals surface area (Å²) >= 11 is 0. The number of halogens is 1. The molecule has 0 N–H and O–H groups in total. The summed E-state index contributed by atoms with van der Waals surface area (Å²) in [6.45, 7) is 0. The highest BCUT2D eigenvalue weighted by atomic mass is 19.1. The highest BCUT2D eigenvalue weighted by molar-refractivity contribution is 5.91. The van der Waals surface area contributed by atoms with Gasteiger partial charge in [0.25, 0.3) is 0 Å². The van der Waals surface area contributed by atoms with Crippen LogP contribution in [0, 0.1) is 17.1 Å². The van der Waals surface area contributed by atoms with Gasteiger partial charge in [0, 0.05) is 6.08 Å². The third-order valence-corrected chi connectivity index (χ3v) is 4.20. The summed E-state index contributed by atoms with van der Waals surface area (Å²) in [5.41, 5.74) is 2.71. The van der Waals surface area contributed by atoms with Crippen molar-refractivity contribution < 1.29 is 18.7 Å². The van der Waals surface area contributed by atoms with Gasteiger partial charge in [-0.1, -0.05) is 48.5 Å². The van der Waals surface area contributed by atoms with Gasteiger partial charge < -0.3 is 9.47 Å². The lowest BCUT2D eigenvalue weighted by Gasteiger charge is -2.09. The number of hydrogen-bond acceptors (Lipinski definition) is 4. The van der Waals surface area contributed by atoms with E-state index < -0.39 is 5.97 Å². The molecule has 0 amide bonds. The van der Waals surface area contributed by atoms with Gasteiger partial charge in [-0.15, -0.1) is 0 Å². The van der Waals surface area contributed by atoms with E-state index in [0.717, 1.165) is 11.1 Å². The monoisotopic (exact) mass is 399 g/mol. The third kappa shape index (κ3) is 5.43. The van der Waals surface area contributed by atoms with Gasteiger partial charge in [-0.3, -0.25) is 0 Å². The average molecular weight is 399 g/mol. The minimum absolute atomic E-state index is 0.252. The number of carbonyl (C=O) groups excluding carboxylic acids is 1. The zero-order valence-corrected chi connectivity index (χ0v) is 16.2. The van der Waals surface area contributed by atoms with Crippen LogP contribution in [-0.2, 0) is 4.79 Å². The third-order valence-electron chi connectivity index (χ3n) is 4.20. The van der Waals surface area contributed by atoms with Crippen LogP contribution in [0.25, 0.3) is 17.7 Å². The summed E-state index contributed by atoms with van der Waals surface area (Å²) in [6, 6.07) is 22.3. The fourth-order valence-corrected chi connectivity index (χ4v) is 2.70. The second-order valence-electron chi connectivity index (χ2n) is 6.25. The van der Waals surface area contributed by atoms with Gasteiger partial charge in [0.15, 0.2) is 11.5 Å². The normalized spacial score (nSPS) is 11.2. The molecule has 0 aliphatic carbocycles. The first-order chi connectivity index (χ1) is 14.6. The molecular weight excluding hydrogens is 381 g/mol. The molecule has 0 saturated carbocycles. The fourth-order valence-electron chi connectivity index (χ4n) is 2.70. The zero-order chi connectivity index (χ0) is 21.3. The summed E-state index contributed by atoms with van der Waals surface area (Å²) < 4.78 is 23.6. The molecule has 0 unspecified atom stereocenters. The molecular formula is C25H18FNO3. The maximum atomic E-state index is 12.9. The van der Waals surface area contributed by atoms with Crippen LogP contribution in [0.4, 0.5) is 4.39 Å². The summed E-state index contributed by atoms with van der Waals surface area (Å²) in [5.74, 6) is -0.331. The first kappa shape index (κ1) is 20.6. The van der Waals surface area contributed by atoms with E-state index >= 15 is 0 Å². The van der Waals surface area contributed by atoms with E-state index in [1.54, 1.807) is 36.4 Å². The number of rotatable bonds is 6. The minimum atomic E-state index is -0.595. The molecule has 0 saturated heterocycles. The van der Waals surface area contributed by atoms with Gasteiger partial charge in [-0.05, 0) is 53.1 Å². The van der Waals surface area contributed by atoms with Gasteiger partial charge in [-0.2, -0.15) is 5.26 Å². The number of benzene rings is 3. The molecule has 0 aromatic heterocycles. The number of allylic oxidation sites excluding steroid dienone is 1. The molecule has 148 valence electrons. The van der Waals surface area contributed by atoms with Crippen molar-refractivity contribution in [1.82, 2.24) is 0 Å². The van der Waals surface area contributed by atoms with E-state index in [9.17, 15) is 14.4 Å². The summed E-state index contributed by atoms with van der Waals surface area (Å²) in [5, 5.41) is 9.46. The fraction of sp³-hybridized carbons (Fsp3) is 0.0400. The lowest BCUT2D eigenvalue weighted by Crippen LogP contribution is -2.05. The molecule has 5 heteroatoms. The van der Waals surface area contributed by atoms with Crippen molar-refractivity contribution in [2.45, 2.75) is 0 Å². The van der Waals surface area contributed by atoms with Crippen molar-refractivity contribution >= 4 is 23.7 Å². The Hall–Kier alpha value is -4.17. The first-order valence-corrected chi connectivity index (χ1v) is 9.10. The van der Waals surface area contributed by atoms with Crippen molar-refractivity contribution in [3.8, 4) is 17.6 Å². The van der Waals surface area contributed by atoms with Crippen molar-refractivity contribution in [2.24, 2.45) is 0 Å². The Morgan fingerprint density at radius 1 is 0.967 bits per heavy atom. The molecule has 3 rings (SSSR count). The number of hydrogen-bond donors (Lipinski definition) is 0. The molecule has 30 heavy (non-hydrogen) atoms. The Balaban J connectivity index is 1.77. The Morgan fingerprint density at radius 3 is 2.33 bits per heavy atom. The predicted molar refractivity (Wildman–Crippen MR) is 114 cm³/mol. The molecule has 0 aliphatic rings. The van der Waals surface area contributed by atoms with Crippen molar-refractivity contribution in [3.05, 3.63) is 101 Å². The van der Waals surface area contributed by atoms with Crippen LogP contribution in [0.1, 0.15) is 16.7 Å². The maximum absolute atomic E-state index is 12.9. The highest BCUT2D eigenvalue weighted by Gasteiger charge is 2.09. The first-order valence-electron chi connectivity index (χ1n) is 9.10. The Labute approximate surface area is 174 Å². The van der Waals surface area contributed by atoms with Crippen molar-refractivity contribution in [3.63, 3.8) is 0 Å². The topological polar surface area (TPSA) is 59.3 Å². The van der Waals surface area contributed by atoms with Gasteiger partial charge in [0.05, 0.1) is 18.8 Å². The molecule has 0 bridgehead atoms.